The van der Waals surface area contributed by atoms with Crippen LogP contribution in [0.1, 0.15) is 80.3 Å². The van der Waals surface area contributed by atoms with E-state index in [-0.39, 0.29) is 17.8 Å². The fraction of sp³-hybridized carbons (Fsp3) is 0.444. The third kappa shape index (κ3) is 4.65. The van der Waals surface area contributed by atoms with E-state index in [0.717, 1.165) is 42.5 Å². The molecule has 1 aliphatic heterocycles. The Morgan fingerprint density at radius 3 is 2.59 bits per heavy atom. The number of H-pyrrole nitrogens is 1. The molecule has 0 unspecified atom stereocenters. The Kier molecular flexibility index (Phi) is 6.64. The minimum Gasteiger partial charge on any atom is -0.464 e. The van der Waals surface area contributed by atoms with Gasteiger partial charge in [-0.25, -0.2) is 14.6 Å². The van der Waals surface area contributed by atoms with Crippen molar-refractivity contribution in [3.63, 3.8) is 0 Å². The first-order chi connectivity index (χ1) is 16.2. The number of hydrogen-bond donors (Lipinski definition) is 1. The summed E-state index contributed by atoms with van der Waals surface area (Å²) in [4.78, 5) is 35.3. The first-order valence-electron chi connectivity index (χ1n) is 11.9. The number of esters is 1. The average Bonchev–Trinajstić information content (AvgIpc) is 3.18. The van der Waals surface area contributed by atoms with Crippen LogP contribution in [0.5, 0.6) is 0 Å². The number of methoxy groups -OCH3 is 1. The van der Waals surface area contributed by atoms with Crippen LogP contribution in [0.3, 0.4) is 0 Å². The summed E-state index contributed by atoms with van der Waals surface area (Å²) in [7, 11) is 1.33. The van der Waals surface area contributed by atoms with E-state index in [2.05, 4.69) is 29.0 Å². The summed E-state index contributed by atoms with van der Waals surface area (Å²) in [5.41, 5.74) is 3.64. The highest BCUT2D eigenvalue weighted by molar-refractivity contribution is 5.87. The molecule has 0 fully saturated rings. The van der Waals surface area contributed by atoms with E-state index in [1.54, 1.807) is 12.3 Å². The highest BCUT2D eigenvalue weighted by Crippen LogP contribution is 2.42. The molecule has 3 heterocycles. The van der Waals surface area contributed by atoms with Crippen molar-refractivity contribution in [3.8, 4) is 0 Å². The monoisotopic (exact) mass is 463 g/mol. The number of nitrogens with one attached hydrogen (secondary N) is 1. The average molecular weight is 464 g/mol. The molecular weight excluding hydrogens is 430 g/mol. The second kappa shape index (κ2) is 9.49. The maximum atomic E-state index is 13.6. The molecule has 0 spiro atoms. The third-order valence-corrected chi connectivity index (χ3v) is 6.22. The molecule has 2 aromatic heterocycles. The second-order valence-corrected chi connectivity index (χ2v) is 9.82. The lowest BCUT2D eigenvalue weighted by Gasteiger charge is -2.42. The smallest absolute Gasteiger partial charge is 0.411 e. The molecule has 4 rings (SSSR count). The van der Waals surface area contributed by atoms with Gasteiger partial charge in [0, 0.05) is 28.8 Å². The van der Waals surface area contributed by atoms with Crippen LogP contribution in [-0.2, 0) is 15.9 Å². The molecule has 1 aromatic carbocycles. The van der Waals surface area contributed by atoms with E-state index in [4.69, 9.17) is 9.47 Å². The molecule has 2 atom stereocenters. The number of unbranched alkanes of at least 4 members (excludes halogenated alkanes) is 1. The number of carbonyl (C=O) groups is 2. The number of aromatic amines is 1. The molecule has 0 aliphatic carbocycles. The lowest BCUT2D eigenvalue weighted by molar-refractivity contribution is 0.00430. The number of para-hydroxylation sites is 1. The van der Waals surface area contributed by atoms with E-state index in [9.17, 15) is 9.59 Å². The SMILES string of the molecule is CCCC[C@H]1Cc2c([nH]c3ccccc23)[C@H](c2ccc(C(=O)OC)nc2)N1C(=O)OC(C)(C)C. The highest BCUT2D eigenvalue weighted by atomic mass is 16.6. The predicted molar refractivity (Wildman–Crippen MR) is 131 cm³/mol. The van der Waals surface area contributed by atoms with Crippen molar-refractivity contribution < 1.29 is 19.1 Å². The number of rotatable bonds is 5. The first kappa shape index (κ1) is 23.8. The zero-order valence-corrected chi connectivity index (χ0v) is 20.6. The Hall–Kier alpha value is -3.35. The number of carbonyl (C=O) groups excluding carboxylic acids is 2. The normalized spacial score (nSPS) is 18.0. The molecule has 0 saturated heterocycles. The summed E-state index contributed by atoms with van der Waals surface area (Å²) < 4.78 is 10.7. The lowest BCUT2D eigenvalue weighted by Crippen LogP contribution is -2.49. The molecular formula is C27H33N3O4. The van der Waals surface area contributed by atoms with Crippen molar-refractivity contribution in [2.45, 2.75) is 71.1 Å². The number of hydrogen-bond acceptors (Lipinski definition) is 5. The van der Waals surface area contributed by atoms with E-state index in [0.29, 0.717) is 0 Å². The lowest BCUT2D eigenvalue weighted by atomic mass is 9.87. The van der Waals surface area contributed by atoms with Crippen LogP contribution in [0.2, 0.25) is 0 Å². The highest BCUT2D eigenvalue weighted by Gasteiger charge is 2.42. The Balaban J connectivity index is 1.87. The molecule has 180 valence electrons. The number of ether oxygens (including phenoxy) is 2. The summed E-state index contributed by atoms with van der Waals surface area (Å²) in [6.07, 6.45) is 4.99. The number of nitrogens with zero attached hydrogens (tertiary/aromatic N) is 2. The summed E-state index contributed by atoms with van der Waals surface area (Å²) in [6, 6.07) is 11.3. The first-order valence-corrected chi connectivity index (χ1v) is 11.9. The van der Waals surface area contributed by atoms with E-state index in [1.807, 2.05) is 43.9 Å². The number of fused-ring (bicyclic) bond motifs is 3. The Labute approximate surface area is 200 Å². The van der Waals surface area contributed by atoms with Crippen LogP contribution in [-0.4, -0.2) is 45.7 Å². The molecule has 0 radical (unpaired) electrons. The van der Waals surface area contributed by atoms with Crippen molar-refractivity contribution in [2.24, 2.45) is 0 Å². The van der Waals surface area contributed by atoms with E-state index >= 15 is 0 Å². The maximum Gasteiger partial charge on any atom is 0.411 e. The quantitative estimate of drug-likeness (QED) is 0.484. The molecule has 0 saturated carbocycles. The molecule has 1 aliphatic rings. The van der Waals surface area contributed by atoms with Gasteiger partial charge in [0.1, 0.15) is 17.3 Å². The summed E-state index contributed by atoms with van der Waals surface area (Å²) in [5, 5.41) is 1.17. The van der Waals surface area contributed by atoms with Crippen LogP contribution < -0.4 is 0 Å². The fourth-order valence-electron chi connectivity index (χ4n) is 4.73. The molecule has 7 nitrogen and oxygen atoms in total. The van der Waals surface area contributed by atoms with Crippen LogP contribution in [0.25, 0.3) is 10.9 Å². The molecule has 0 bridgehead atoms. The van der Waals surface area contributed by atoms with Crippen LogP contribution in [0, 0.1) is 0 Å². The van der Waals surface area contributed by atoms with Gasteiger partial charge in [0.15, 0.2) is 0 Å². The van der Waals surface area contributed by atoms with Crippen molar-refractivity contribution in [2.75, 3.05) is 7.11 Å². The van der Waals surface area contributed by atoms with Gasteiger partial charge in [-0.2, -0.15) is 0 Å². The van der Waals surface area contributed by atoms with Crippen LogP contribution in [0.4, 0.5) is 4.79 Å². The summed E-state index contributed by atoms with van der Waals surface area (Å²) >= 11 is 0. The molecule has 7 heteroatoms. The molecule has 34 heavy (non-hydrogen) atoms. The van der Waals surface area contributed by atoms with Gasteiger partial charge >= 0.3 is 12.1 Å². The minimum absolute atomic E-state index is 0.0215. The topological polar surface area (TPSA) is 84.5 Å². The van der Waals surface area contributed by atoms with Gasteiger partial charge in [-0.05, 0) is 56.9 Å². The maximum absolute atomic E-state index is 13.6. The fourth-order valence-corrected chi connectivity index (χ4v) is 4.73. The standard InChI is InChI=1S/C27H33N3O4/c1-6-7-10-18-15-20-19-11-8-9-12-21(19)29-23(20)24(30(18)26(32)34-27(2,3)4)17-13-14-22(28-16-17)25(31)33-5/h8-9,11-14,16,18,24,29H,6-7,10,15H2,1-5H3/t18-,24-/m0/s1. The molecule has 3 aromatic rings. The van der Waals surface area contributed by atoms with E-state index < -0.39 is 17.6 Å². The summed E-state index contributed by atoms with van der Waals surface area (Å²) in [6.45, 7) is 7.80. The minimum atomic E-state index is -0.620. The largest absolute Gasteiger partial charge is 0.464 e. The number of aromatic nitrogens is 2. The van der Waals surface area contributed by atoms with Crippen molar-refractivity contribution in [3.05, 3.63) is 65.1 Å². The second-order valence-electron chi connectivity index (χ2n) is 9.82. The third-order valence-electron chi connectivity index (χ3n) is 6.22. The predicted octanol–water partition coefficient (Wildman–Crippen LogP) is 5.79. The Bertz CT molecular complexity index is 1180. The number of pyridine rings is 1. The van der Waals surface area contributed by atoms with Gasteiger partial charge in [-0.3, -0.25) is 4.90 Å². The van der Waals surface area contributed by atoms with Gasteiger partial charge in [0.05, 0.1) is 7.11 Å². The van der Waals surface area contributed by atoms with E-state index in [1.165, 1.54) is 18.1 Å². The van der Waals surface area contributed by atoms with Crippen LogP contribution in [0.15, 0.2) is 42.6 Å². The number of amides is 1. The molecule has 1 N–H and O–H groups in total. The van der Waals surface area contributed by atoms with Gasteiger partial charge in [0.25, 0.3) is 0 Å². The van der Waals surface area contributed by atoms with Gasteiger partial charge in [-0.15, -0.1) is 0 Å². The van der Waals surface area contributed by atoms with Gasteiger partial charge in [0.2, 0.25) is 0 Å². The van der Waals surface area contributed by atoms with Gasteiger partial charge in [-0.1, -0.05) is 44.0 Å². The Morgan fingerprint density at radius 1 is 1.18 bits per heavy atom. The van der Waals surface area contributed by atoms with Crippen molar-refractivity contribution in [1.29, 1.82) is 0 Å². The zero-order chi connectivity index (χ0) is 24.5. The van der Waals surface area contributed by atoms with Crippen molar-refractivity contribution in [1.82, 2.24) is 14.9 Å². The summed E-state index contributed by atoms with van der Waals surface area (Å²) in [5.74, 6) is -0.494. The Morgan fingerprint density at radius 2 is 1.94 bits per heavy atom. The van der Waals surface area contributed by atoms with Crippen LogP contribution >= 0.6 is 0 Å². The van der Waals surface area contributed by atoms with Gasteiger partial charge < -0.3 is 14.5 Å². The number of benzene rings is 1. The molecule has 1 amide bonds. The van der Waals surface area contributed by atoms with Crippen molar-refractivity contribution >= 4 is 23.0 Å². The zero-order valence-electron chi connectivity index (χ0n) is 20.6.